The van der Waals surface area contributed by atoms with Gasteiger partial charge in [-0.05, 0) is 67.8 Å². The molecule has 3 aromatic carbocycles. The topological polar surface area (TPSA) is 75.3 Å². The molecule has 5 nitrogen and oxygen atoms in total. The molecule has 3 aromatic rings. The third kappa shape index (κ3) is 4.61. The van der Waals surface area contributed by atoms with Crippen LogP contribution in [-0.2, 0) is 10.0 Å². The molecule has 8 heteroatoms. The number of hydrogen-bond acceptors (Lipinski definition) is 3. The highest BCUT2D eigenvalue weighted by atomic mass is 35.5. The van der Waals surface area contributed by atoms with Crippen molar-refractivity contribution in [3.05, 3.63) is 86.9 Å². The normalized spacial score (nSPS) is 11.2. The van der Waals surface area contributed by atoms with Crippen molar-refractivity contribution in [3.8, 4) is 0 Å². The molecule has 156 valence electrons. The monoisotopic (exact) mass is 462 g/mol. The van der Waals surface area contributed by atoms with Crippen molar-refractivity contribution in [1.82, 2.24) is 0 Å². The second-order valence-corrected chi connectivity index (χ2v) is 9.35. The van der Waals surface area contributed by atoms with Gasteiger partial charge in [-0.3, -0.25) is 9.52 Å². The summed E-state index contributed by atoms with van der Waals surface area (Å²) in [5.41, 5.74) is 3.24. The molecule has 0 aliphatic heterocycles. The maximum absolute atomic E-state index is 13.0. The predicted molar refractivity (Wildman–Crippen MR) is 122 cm³/mol. The third-order valence-corrected chi connectivity index (χ3v) is 6.93. The van der Waals surface area contributed by atoms with Crippen LogP contribution in [0.2, 0.25) is 10.0 Å². The lowest BCUT2D eigenvalue weighted by atomic mass is 10.1. The van der Waals surface area contributed by atoms with Gasteiger partial charge in [-0.25, -0.2) is 8.42 Å². The summed E-state index contributed by atoms with van der Waals surface area (Å²) in [6.45, 7) is 5.42. The van der Waals surface area contributed by atoms with E-state index in [2.05, 4.69) is 10.0 Å². The summed E-state index contributed by atoms with van der Waals surface area (Å²) in [5, 5.41) is 3.21. The Bertz CT molecular complexity index is 1220. The fraction of sp³-hybridized carbons (Fsp3) is 0.136. The highest BCUT2D eigenvalue weighted by Gasteiger charge is 2.21. The molecule has 0 aliphatic rings. The van der Waals surface area contributed by atoms with Gasteiger partial charge in [0.05, 0.1) is 26.3 Å². The van der Waals surface area contributed by atoms with Gasteiger partial charge < -0.3 is 5.32 Å². The second-order valence-electron chi connectivity index (χ2n) is 6.88. The predicted octanol–water partition coefficient (Wildman–Crippen LogP) is 5.97. The fourth-order valence-corrected chi connectivity index (χ4v) is 4.78. The summed E-state index contributed by atoms with van der Waals surface area (Å²) in [5.74, 6) is -0.520. The molecule has 0 aromatic heterocycles. The van der Waals surface area contributed by atoms with Gasteiger partial charge in [0.25, 0.3) is 15.9 Å². The van der Waals surface area contributed by atoms with Crippen LogP contribution in [0.5, 0.6) is 0 Å². The highest BCUT2D eigenvalue weighted by Crippen LogP contribution is 2.31. The van der Waals surface area contributed by atoms with Gasteiger partial charge in [-0.1, -0.05) is 47.5 Å². The van der Waals surface area contributed by atoms with E-state index in [1.165, 1.54) is 6.07 Å². The van der Waals surface area contributed by atoms with Crippen molar-refractivity contribution in [2.45, 2.75) is 25.7 Å². The van der Waals surface area contributed by atoms with Crippen molar-refractivity contribution in [1.29, 1.82) is 0 Å². The van der Waals surface area contributed by atoms with Crippen LogP contribution in [0.4, 0.5) is 11.4 Å². The van der Waals surface area contributed by atoms with Gasteiger partial charge in [-0.15, -0.1) is 0 Å². The lowest BCUT2D eigenvalue weighted by Gasteiger charge is -2.15. The molecule has 0 saturated heterocycles. The Morgan fingerprint density at radius 3 is 2.17 bits per heavy atom. The van der Waals surface area contributed by atoms with Crippen LogP contribution in [0, 0.1) is 20.8 Å². The van der Waals surface area contributed by atoms with E-state index in [4.69, 9.17) is 23.2 Å². The number of carbonyl (C=O) groups excluding carboxylic acids is 1. The van der Waals surface area contributed by atoms with E-state index in [1.54, 1.807) is 49.4 Å². The van der Waals surface area contributed by atoms with Crippen molar-refractivity contribution in [3.63, 3.8) is 0 Å². The lowest BCUT2D eigenvalue weighted by Crippen LogP contribution is -2.18. The minimum Gasteiger partial charge on any atom is -0.319 e. The first-order valence-corrected chi connectivity index (χ1v) is 11.3. The fourth-order valence-electron chi connectivity index (χ4n) is 2.90. The lowest BCUT2D eigenvalue weighted by molar-refractivity contribution is 0.102. The number of rotatable bonds is 5. The zero-order chi connectivity index (χ0) is 22.1. The van der Waals surface area contributed by atoms with Gasteiger partial charge in [-0.2, -0.15) is 0 Å². The molecule has 0 spiro atoms. The summed E-state index contributed by atoms with van der Waals surface area (Å²) in [6, 6.07) is 14.7. The first-order valence-electron chi connectivity index (χ1n) is 9.05. The van der Waals surface area contributed by atoms with Crippen LogP contribution in [0.15, 0.2) is 59.5 Å². The van der Waals surface area contributed by atoms with Gasteiger partial charge in [0.1, 0.15) is 0 Å². The smallest absolute Gasteiger partial charge is 0.262 e. The zero-order valence-corrected chi connectivity index (χ0v) is 18.9. The number of sulfonamides is 1. The molecule has 0 radical (unpaired) electrons. The summed E-state index contributed by atoms with van der Waals surface area (Å²) < 4.78 is 28.7. The number of aryl methyl sites for hydroxylation is 2. The Morgan fingerprint density at radius 1 is 0.867 bits per heavy atom. The SMILES string of the molecule is Cc1ccc(C(=O)Nc2c(Cl)cccc2Cl)cc1S(=O)(=O)Nc1cccc(C)c1C. The van der Waals surface area contributed by atoms with E-state index in [9.17, 15) is 13.2 Å². The number of para-hydroxylation sites is 1. The Kier molecular flexibility index (Phi) is 6.41. The second kappa shape index (κ2) is 8.68. The van der Waals surface area contributed by atoms with Crippen LogP contribution in [0.25, 0.3) is 0 Å². The minimum absolute atomic E-state index is 0.0151. The quantitative estimate of drug-likeness (QED) is 0.490. The van der Waals surface area contributed by atoms with Crippen LogP contribution in [-0.4, -0.2) is 14.3 Å². The van der Waals surface area contributed by atoms with Gasteiger partial charge in [0.2, 0.25) is 0 Å². The summed E-state index contributed by atoms with van der Waals surface area (Å²) in [7, 11) is -3.91. The average Bonchev–Trinajstić information content (AvgIpc) is 2.68. The molecule has 0 heterocycles. The Balaban J connectivity index is 1.94. The van der Waals surface area contributed by atoms with Gasteiger partial charge >= 0.3 is 0 Å². The molecular formula is C22H20Cl2N2O3S. The molecule has 0 atom stereocenters. The molecule has 30 heavy (non-hydrogen) atoms. The number of benzene rings is 3. The molecule has 1 amide bonds. The van der Waals surface area contributed by atoms with E-state index in [0.29, 0.717) is 11.3 Å². The molecule has 0 unspecified atom stereocenters. The molecule has 2 N–H and O–H groups in total. The summed E-state index contributed by atoms with van der Waals surface area (Å²) in [4.78, 5) is 12.7. The number of hydrogen-bond donors (Lipinski definition) is 2. The van der Waals surface area contributed by atoms with Crippen molar-refractivity contribution in [2.24, 2.45) is 0 Å². The van der Waals surface area contributed by atoms with E-state index in [-0.39, 0.29) is 26.2 Å². The van der Waals surface area contributed by atoms with E-state index in [0.717, 1.165) is 11.1 Å². The van der Waals surface area contributed by atoms with E-state index in [1.807, 2.05) is 19.9 Å². The molecule has 0 bridgehead atoms. The number of carbonyl (C=O) groups is 1. The van der Waals surface area contributed by atoms with Crippen molar-refractivity contribution >= 4 is 50.5 Å². The highest BCUT2D eigenvalue weighted by molar-refractivity contribution is 7.92. The first-order chi connectivity index (χ1) is 14.1. The minimum atomic E-state index is -3.91. The van der Waals surface area contributed by atoms with Crippen LogP contribution >= 0.6 is 23.2 Å². The average molecular weight is 463 g/mol. The Labute approximate surface area is 186 Å². The number of halogens is 2. The summed E-state index contributed by atoms with van der Waals surface area (Å²) >= 11 is 12.2. The first kappa shape index (κ1) is 22.2. The van der Waals surface area contributed by atoms with E-state index < -0.39 is 15.9 Å². The van der Waals surface area contributed by atoms with Gasteiger partial charge in [0.15, 0.2) is 0 Å². The number of amides is 1. The molecule has 0 saturated carbocycles. The maximum atomic E-state index is 13.0. The zero-order valence-electron chi connectivity index (χ0n) is 16.6. The molecule has 0 fully saturated rings. The third-order valence-electron chi connectivity index (χ3n) is 4.79. The molecule has 3 rings (SSSR count). The number of nitrogens with one attached hydrogen (secondary N) is 2. The van der Waals surface area contributed by atoms with Gasteiger partial charge in [0, 0.05) is 5.56 Å². The van der Waals surface area contributed by atoms with Crippen LogP contribution in [0.3, 0.4) is 0 Å². The standard InChI is InChI=1S/C22H20Cl2N2O3S/c1-13-6-4-9-19(15(13)3)26-30(28,29)20-12-16(11-10-14(20)2)22(27)25-21-17(23)7-5-8-18(21)24/h4-12,26H,1-3H3,(H,25,27). The summed E-state index contributed by atoms with van der Waals surface area (Å²) in [6.07, 6.45) is 0. The molecular weight excluding hydrogens is 443 g/mol. The Morgan fingerprint density at radius 2 is 1.50 bits per heavy atom. The maximum Gasteiger partial charge on any atom is 0.262 e. The van der Waals surface area contributed by atoms with E-state index >= 15 is 0 Å². The Hall–Kier alpha value is -2.54. The van der Waals surface area contributed by atoms with Crippen molar-refractivity contribution < 1.29 is 13.2 Å². The van der Waals surface area contributed by atoms with Crippen LogP contribution < -0.4 is 10.0 Å². The van der Waals surface area contributed by atoms with Crippen LogP contribution in [0.1, 0.15) is 27.0 Å². The number of anilines is 2. The van der Waals surface area contributed by atoms with Crippen molar-refractivity contribution in [2.75, 3.05) is 10.0 Å². The molecule has 0 aliphatic carbocycles. The largest absolute Gasteiger partial charge is 0.319 e.